The van der Waals surface area contributed by atoms with Crippen molar-refractivity contribution in [1.29, 1.82) is 0 Å². The molecule has 0 spiro atoms. The highest BCUT2D eigenvalue weighted by molar-refractivity contribution is 7.80. The fourth-order valence-electron chi connectivity index (χ4n) is 4.64. The van der Waals surface area contributed by atoms with E-state index in [2.05, 4.69) is 79.6 Å². The summed E-state index contributed by atoms with van der Waals surface area (Å²) < 4.78 is 5.30. The third-order valence-electron chi connectivity index (χ3n) is 5.55. The Labute approximate surface area is 187 Å². The Morgan fingerprint density at radius 3 is 2.03 bits per heavy atom. The van der Waals surface area contributed by atoms with Gasteiger partial charge in [-0.1, -0.05) is 42.5 Å². The van der Waals surface area contributed by atoms with Crippen molar-refractivity contribution >= 4 is 17.3 Å². The smallest absolute Gasteiger partial charge is 0.169 e. The minimum absolute atomic E-state index is 0.0786. The highest BCUT2D eigenvalue weighted by Gasteiger charge is 2.38. The number of hydrogen-bond acceptors (Lipinski definition) is 3. The van der Waals surface area contributed by atoms with E-state index in [-0.39, 0.29) is 11.1 Å². The first kappa shape index (κ1) is 22.6. The van der Waals surface area contributed by atoms with Gasteiger partial charge in [0.1, 0.15) is 5.75 Å². The number of methoxy groups -OCH3 is 1. The van der Waals surface area contributed by atoms with Crippen molar-refractivity contribution in [2.45, 2.75) is 70.7 Å². The van der Waals surface area contributed by atoms with Crippen LogP contribution in [0.3, 0.4) is 0 Å². The summed E-state index contributed by atoms with van der Waals surface area (Å²) in [6.45, 7) is 10.6. The van der Waals surface area contributed by atoms with Gasteiger partial charge in [0.2, 0.25) is 0 Å². The van der Waals surface area contributed by atoms with Crippen LogP contribution in [-0.2, 0) is 13.1 Å². The van der Waals surface area contributed by atoms with Gasteiger partial charge in [0.25, 0.3) is 0 Å². The van der Waals surface area contributed by atoms with Crippen molar-refractivity contribution in [2.24, 2.45) is 0 Å². The van der Waals surface area contributed by atoms with E-state index in [0.717, 1.165) is 36.8 Å². The molecular formula is C25H35N3OS. The molecule has 2 aromatic carbocycles. The fourth-order valence-corrected chi connectivity index (χ4v) is 4.94. The molecule has 0 bridgehead atoms. The van der Waals surface area contributed by atoms with Crippen molar-refractivity contribution in [3.8, 4) is 5.75 Å². The molecule has 30 heavy (non-hydrogen) atoms. The van der Waals surface area contributed by atoms with Gasteiger partial charge in [0, 0.05) is 30.2 Å². The van der Waals surface area contributed by atoms with Crippen LogP contribution in [0.4, 0.5) is 0 Å². The first-order chi connectivity index (χ1) is 14.2. The second-order valence-electron chi connectivity index (χ2n) is 9.64. The molecule has 1 aliphatic rings. The van der Waals surface area contributed by atoms with Gasteiger partial charge in [0.15, 0.2) is 5.11 Å². The minimum Gasteiger partial charge on any atom is -0.497 e. The lowest BCUT2D eigenvalue weighted by molar-refractivity contribution is 0.153. The molecule has 3 rings (SSSR count). The highest BCUT2D eigenvalue weighted by Crippen LogP contribution is 2.28. The molecule has 0 radical (unpaired) electrons. The topological polar surface area (TPSA) is 36.5 Å². The predicted octanol–water partition coefficient (Wildman–Crippen LogP) is 4.88. The minimum atomic E-state index is 0.0786. The fraction of sp³-hybridized carbons (Fsp3) is 0.480. The second-order valence-corrected chi connectivity index (χ2v) is 10.0. The van der Waals surface area contributed by atoms with E-state index in [1.165, 1.54) is 11.1 Å². The predicted molar refractivity (Wildman–Crippen MR) is 129 cm³/mol. The first-order valence-electron chi connectivity index (χ1n) is 10.7. The van der Waals surface area contributed by atoms with Gasteiger partial charge >= 0.3 is 0 Å². The van der Waals surface area contributed by atoms with Gasteiger partial charge in [-0.15, -0.1) is 0 Å². The normalized spacial score (nSPS) is 17.9. The van der Waals surface area contributed by atoms with Crippen molar-refractivity contribution in [3.63, 3.8) is 0 Å². The molecule has 4 nitrogen and oxygen atoms in total. The Kier molecular flexibility index (Phi) is 7.04. The Morgan fingerprint density at radius 2 is 1.50 bits per heavy atom. The van der Waals surface area contributed by atoms with Crippen molar-refractivity contribution in [1.82, 2.24) is 15.5 Å². The molecule has 0 aromatic heterocycles. The Hall–Kier alpha value is -2.11. The maximum absolute atomic E-state index is 5.92. The molecule has 5 heteroatoms. The number of benzene rings is 2. The molecule has 1 aliphatic heterocycles. The van der Waals surface area contributed by atoms with Crippen molar-refractivity contribution < 1.29 is 4.74 Å². The van der Waals surface area contributed by atoms with Crippen LogP contribution in [0.25, 0.3) is 0 Å². The average Bonchev–Trinajstić information content (AvgIpc) is 2.66. The number of piperidine rings is 1. The summed E-state index contributed by atoms with van der Waals surface area (Å²) in [5, 5.41) is 8.25. The molecule has 0 saturated carbocycles. The third kappa shape index (κ3) is 6.44. The largest absolute Gasteiger partial charge is 0.497 e. The van der Waals surface area contributed by atoms with Crippen molar-refractivity contribution in [3.05, 3.63) is 65.7 Å². The van der Waals surface area contributed by atoms with Crippen LogP contribution in [0.2, 0.25) is 0 Å². The van der Waals surface area contributed by atoms with E-state index >= 15 is 0 Å². The number of hydrogen-bond donors (Lipinski definition) is 2. The number of thiocarbonyl (C=S) groups is 1. The molecule has 2 N–H and O–H groups in total. The summed E-state index contributed by atoms with van der Waals surface area (Å²) in [4.78, 5) is 2.26. The quantitative estimate of drug-likeness (QED) is 0.645. The molecule has 0 atom stereocenters. The van der Waals surface area contributed by atoms with Gasteiger partial charge in [-0.05, 0) is 76.0 Å². The molecule has 2 aromatic rings. The molecule has 0 unspecified atom stereocenters. The summed E-state index contributed by atoms with van der Waals surface area (Å²) in [6.07, 6.45) is 2.08. The van der Waals surface area contributed by atoms with E-state index in [0.29, 0.717) is 6.04 Å². The first-order valence-corrected chi connectivity index (χ1v) is 11.1. The number of ether oxygens (including phenoxy) is 1. The van der Waals surface area contributed by atoms with Gasteiger partial charge in [0.05, 0.1) is 7.11 Å². The molecule has 162 valence electrons. The summed E-state index contributed by atoms with van der Waals surface area (Å²) in [5.74, 6) is 0.869. The van der Waals surface area contributed by atoms with E-state index in [1.807, 2.05) is 18.2 Å². The lowest BCUT2D eigenvalue weighted by Gasteiger charge is -2.47. The Morgan fingerprint density at radius 1 is 0.967 bits per heavy atom. The molecule has 1 heterocycles. The van der Waals surface area contributed by atoms with Crippen LogP contribution in [0.15, 0.2) is 54.6 Å². The van der Waals surface area contributed by atoms with E-state index in [9.17, 15) is 0 Å². The number of nitrogens with one attached hydrogen (secondary N) is 2. The SMILES string of the molecule is COc1ccc(CN(Cc2ccccc2)C(=S)NC2CC(C)(C)NC(C)(C)C2)cc1. The monoisotopic (exact) mass is 425 g/mol. The van der Waals surface area contributed by atoms with Crippen LogP contribution >= 0.6 is 12.2 Å². The zero-order valence-corrected chi connectivity index (χ0v) is 19.7. The number of nitrogens with zero attached hydrogens (tertiary/aromatic N) is 1. The van der Waals surface area contributed by atoms with Crippen LogP contribution in [0.1, 0.15) is 51.7 Å². The summed E-state index contributed by atoms with van der Waals surface area (Å²) in [5.41, 5.74) is 2.62. The molecule has 1 fully saturated rings. The summed E-state index contributed by atoms with van der Waals surface area (Å²) in [6, 6.07) is 19.1. The van der Waals surface area contributed by atoms with Gasteiger partial charge in [-0.3, -0.25) is 0 Å². The van der Waals surface area contributed by atoms with Crippen LogP contribution in [0.5, 0.6) is 5.75 Å². The third-order valence-corrected chi connectivity index (χ3v) is 5.93. The zero-order valence-electron chi connectivity index (χ0n) is 18.9. The number of rotatable bonds is 6. The van der Waals surface area contributed by atoms with Gasteiger partial charge < -0.3 is 20.3 Å². The van der Waals surface area contributed by atoms with Crippen LogP contribution in [-0.4, -0.2) is 34.2 Å². The molecular weight excluding hydrogens is 390 g/mol. The van der Waals surface area contributed by atoms with Crippen LogP contribution < -0.4 is 15.4 Å². The van der Waals surface area contributed by atoms with Gasteiger partial charge in [-0.2, -0.15) is 0 Å². The van der Waals surface area contributed by atoms with E-state index in [1.54, 1.807) is 7.11 Å². The molecule has 1 saturated heterocycles. The maximum atomic E-state index is 5.92. The maximum Gasteiger partial charge on any atom is 0.169 e. The average molecular weight is 426 g/mol. The summed E-state index contributed by atoms with van der Waals surface area (Å²) in [7, 11) is 1.69. The highest BCUT2D eigenvalue weighted by atomic mass is 32.1. The molecule has 0 amide bonds. The Balaban J connectivity index is 1.75. The lowest BCUT2D eigenvalue weighted by Crippen LogP contribution is -2.62. The lowest BCUT2D eigenvalue weighted by atomic mass is 9.80. The van der Waals surface area contributed by atoms with Gasteiger partial charge in [-0.25, -0.2) is 0 Å². The van der Waals surface area contributed by atoms with E-state index < -0.39 is 0 Å². The zero-order chi connectivity index (χ0) is 21.8. The Bertz CT molecular complexity index is 817. The van der Waals surface area contributed by atoms with Crippen LogP contribution in [0, 0.1) is 0 Å². The standard InChI is InChI=1S/C25H35N3OS/c1-24(2)15-21(16-25(3,4)27-24)26-23(30)28(17-19-9-7-6-8-10-19)18-20-11-13-22(29-5)14-12-20/h6-14,21,27H,15-18H2,1-5H3,(H,26,30). The summed E-state index contributed by atoms with van der Waals surface area (Å²) >= 11 is 5.92. The van der Waals surface area contributed by atoms with E-state index in [4.69, 9.17) is 17.0 Å². The second kappa shape index (κ2) is 9.36. The van der Waals surface area contributed by atoms with Crippen molar-refractivity contribution in [2.75, 3.05) is 7.11 Å². The molecule has 0 aliphatic carbocycles.